The van der Waals surface area contributed by atoms with Gasteiger partial charge in [-0.3, -0.25) is 0 Å². The van der Waals surface area contributed by atoms with E-state index in [1.54, 1.807) is 0 Å². The molecule has 2 aliphatic rings. The highest BCUT2D eigenvalue weighted by atomic mass is 16.3. The highest BCUT2D eigenvalue weighted by Gasteiger charge is 2.25. The summed E-state index contributed by atoms with van der Waals surface area (Å²) in [6.45, 7) is 2.29. The van der Waals surface area contributed by atoms with Crippen LogP contribution < -0.4 is 5.32 Å². The molecule has 3 nitrogen and oxygen atoms in total. The molecule has 3 heteroatoms. The lowest BCUT2D eigenvalue weighted by atomic mass is 9.92. The van der Waals surface area contributed by atoms with Crippen LogP contribution in [0.5, 0.6) is 0 Å². The fourth-order valence-electron chi connectivity index (χ4n) is 2.87. The van der Waals surface area contributed by atoms with Crippen molar-refractivity contribution in [2.75, 3.05) is 20.1 Å². The lowest BCUT2D eigenvalue weighted by Gasteiger charge is -2.30. The third-order valence-electron chi connectivity index (χ3n) is 4.02. The number of likely N-dealkylation sites (N-methyl/N-ethyl adjacent to an activating group) is 1. The van der Waals surface area contributed by atoms with Crippen molar-refractivity contribution in [2.45, 2.75) is 56.7 Å². The zero-order valence-corrected chi connectivity index (χ0v) is 9.78. The van der Waals surface area contributed by atoms with Crippen LogP contribution in [0.25, 0.3) is 0 Å². The van der Waals surface area contributed by atoms with Crippen LogP contribution in [-0.2, 0) is 0 Å². The molecule has 0 aromatic rings. The number of rotatable bonds is 3. The Morgan fingerprint density at radius 2 is 2.00 bits per heavy atom. The van der Waals surface area contributed by atoms with Crippen LogP contribution in [-0.4, -0.2) is 48.3 Å². The molecule has 0 amide bonds. The van der Waals surface area contributed by atoms with Crippen molar-refractivity contribution in [3.05, 3.63) is 0 Å². The minimum absolute atomic E-state index is 0.106. The molecule has 0 radical (unpaired) electrons. The number of aliphatic hydroxyl groups is 1. The maximum absolute atomic E-state index is 9.83. The van der Waals surface area contributed by atoms with E-state index in [1.165, 1.54) is 32.2 Å². The number of likely N-dealkylation sites (tertiary alicyclic amines) is 1. The Morgan fingerprint density at radius 1 is 1.20 bits per heavy atom. The van der Waals surface area contributed by atoms with E-state index in [0.29, 0.717) is 12.1 Å². The molecule has 0 bridgehead atoms. The van der Waals surface area contributed by atoms with Gasteiger partial charge in [-0.1, -0.05) is 12.8 Å². The van der Waals surface area contributed by atoms with E-state index in [2.05, 4.69) is 17.3 Å². The van der Waals surface area contributed by atoms with E-state index in [9.17, 15) is 5.11 Å². The summed E-state index contributed by atoms with van der Waals surface area (Å²) < 4.78 is 0. The van der Waals surface area contributed by atoms with Crippen molar-refractivity contribution in [1.82, 2.24) is 10.2 Å². The molecule has 1 aliphatic carbocycles. The monoisotopic (exact) mass is 212 g/mol. The SMILES string of the molecule is CN1CCCC1CN[C@H]1CCCC[C@@H]1O. The Kier molecular flexibility index (Phi) is 4.00. The quantitative estimate of drug-likeness (QED) is 0.732. The summed E-state index contributed by atoms with van der Waals surface area (Å²) in [5.74, 6) is 0. The second-order valence-corrected chi connectivity index (χ2v) is 5.14. The molecule has 1 saturated heterocycles. The van der Waals surface area contributed by atoms with Crippen LogP contribution >= 0.6 is 0 Å². The number of hydrogen-bond donors (Lipinski definition) is 2. The van der Waals surface area contributed by atoms with Crippen LogP contribution in [0.3, 0.4) is 0 Å². The van der Waals surface area contributed by atoms with Crippen LogP contribution in [0, 0.1) is 0 Å². The van der Waals surface area contributed by atoms with Gasteiger partial charge in [0, 0.05) is 18.6 Å². The van der Waals surface area contributed by atoms with Gasteiger partial charge in [0.25, 0.3) is 0 Å². The minimum atomic E-state index is -0.106. The topological polar surface area (TPSA) is 35.5 Å². The van der Waals surface area contributed by atoms with Crippen molar-refractivity contribution in [1.29, 1.82) is 0 Å². The van der Waals surface area contributed by atoms with Crippen LogP contribution in [0.1, 0.15) is 38.5 Å². The molecule has 1 saturated carbocycles. The van der Waals surface area contributed by atoms with E-state index in [1.807, 2.05) is 0 Å². The average Bonchev–Trinajstić information content (AvgIpc) is 2.63. The number of aliphatic hydroxyl groups excluding tert-OH is 1. The van der Waals surface area contributed by atoms with Crippen molar-refractivity contribution in [3.8, 4) is 0 Å². The predicted molar refractivity (Wildman–Crippen MR) is 61.9 cm³/mol. The second kappa shape index (κ2) is 5.28. The molecule has 15 heavy (non-hydrogen) atoms. The first-order chi connectivity index (χ1) is 7.27. The molecule has 1 aliphatic heterocycles. The van der Waals surface area contributed by atoms with Crippen molar-refractivity contribution < 1.29 is 5.11 Å². The van der Waals surface area contributed by atoms with Crippen LogP contribution in [0.4, 0.5) is 0 Å². The standard InChI is InChI=1S/C12H24N2O/c1-14-8-4-5-10(14)9-13-11-6-2-3-7-12(11)15/h10-13,15H,2-9H2,1H3/t10?,11-,12-/m0/s1. The predicted octanol–water partition coefficient (Wildman–Crippen LogP) is 0.974. The van der Waals surface area contributed by atoms with E-state index in [0.717, 1.165) is 19.4 Å². The molecule has 0 spiro atoms. The molecule has 2 fully saturated rings. The van der Waals surface area contributed by atoms with Gasteiger partial charge in [-0.2, -0.15) is 0 Å². The Morgan fingerprint density at radius 3 is 2.67 bits per heavy atom. The first-order valence-corrected chi connectivity index (χ1v) is 6.39. The summed E-state index contributed by atoms with van der Waals surface area (Å²) in [6.07, 6.45) is 7.14. The van der Waals surface area contributed by atoms with E-state index < -0.39 is 0 Å². The zero-order chi connectivity index (χ0) is 10.7. The molecule has 1 unspecified atom stereocenters. The summed E-state index contributed by atoms with van der Waals surface area (Å²) in [4.78, 5) is 2.43. The van der Waals surface area contributed by atoms with Crippen LogP contribution in [0.2, 0.25) is 0 Å². The molecule has 0 aromatic heterocycles. The molecule has 88 valence electrons. The summed E-state index contributed by atoms with van der Waals surface area (Å²) in [6, 6.07) is 1.05. The van der Waals surface area contributed by atoms with E-state index in [4.69, 9.17) is 0 Å². The fraction of sp³-hybridized carbons (Fsp3) is 1.00. The van der Waals surface area contributed by atoms with Gasteiger partial charge in [-0.15, -0.1) is 0 Å². The number of hydrogen-bond acceptors (Lipinski definition) is 3. The molecule has 0 aromatic carbocycles. The average molecular weight is 212 g/mol. The Labute approximate surface area is 92.8 Å². The minimum Gasteiger partial charge on any atom is -0.392 e. The number of nitrogens with zero attached hydrogens (tertiary/aromatic N) is 1. The highest BCUT2D eigenvalue weighted by Crippen LogP contribution is 2.19. The zero-order valence-electron chi connectivity index (χ0n) is 9.78. The van der Waals surface area contributed by atoms with Crippen molar-refractivity contribution in [3.63, 3.8) is 0 Å². The molecular weight excluding hydrogens is 188 g/mol. The summed E-state index contributed by atoms with van der Waals surface area (Å²) in [7, 11) is 2.21. The fourth-order valence-corrected chi connectivity index (χ4v) is 2.87. The molecular formula is C12H24N2O. The third kappa shape index (κ3) is 2.92. The normalized spacial score (nSPS) is 38.4. The Hall–Kier alpha value is -0.120. The summed E-state index contributed by atoms with van der Waals surface area (Å²) >= 11 is 0. The smallest absolute Gasteiger partial charge is 0.0693 e. The summed E-state index contributed by atoms with van der Waals surface area (Å²) in [5, 5.41) is 13.4. The van der Waals surface area contributed by atoms with Gasteiger partial charge in [0.2, 0.25) is 0 Å². The Balaban J connectivity index is 1.72. The summed E-state index contributed by atoms with van der Waals surface area (Å²) in [5.41, 5.74) is 0. The first-order valence-electron chi connectivity index (χ1n) is 6.39. The van der Waals surface area contributed by atoms with Gasteiger partial charge in [-0.25, -0.2) is 0 Å². The van der Waals surface area contributed by atoms with Gasteiger partial charge >= 0.3 is 0 Å². The molecule has 2 rings (SSSR count). The highest BCUT2D eigenvalue weighted by molar-refractivity contribution is 4.84. The first kappa shape index (κ1) is 11.4. The molecule has 2 N–H and O–H groups in total. The van der Waals surface area contributed by atoms with Gasteiger partial charge in [0.05, 0.1) is 6.10 Å². The molecule has 3 atom stereocenters. The maximum Gasteiger partial charge on any atom is 0.0693 e. The number of nitrogens with one attached hydrogen (secondary N) is 1. The third-order valence-corrected chi connectivity index (χ3v) is 4.02. The van der Waals surface area contributed by atoms with E-state index >= 15 is 0 Å². The van der Waals surface area contributed by atoms with Gasteiger partial charge < -0.3 is 15.3 Å². The largest absolute Gasteiger partial charge is 0.392 e. The van der Waals surface area contributed by atoms with E-state index in [-0.39, 0.29) is 6.10 Å². The lowest BCUT2D eigenvalue weighted by Crippen LogP contribution is -2.46. The van der Waals surface area contributed by atoms with Crippen molar-refractivity contribution >= 4 is 0 Å². The van der Waals surface area contributed by atoms with Gasteiger partial charge in [-0.05, 0) is 39.3 Å². The van der Waals surface area contributed by atoms with Crippen molar-refractivity contribution in [2.24, 2.45) is 0 Å². The Bertz CT molecular complexity index is 198. The second-order valence-electron chi connectivity index (χ2n) is 5.14. The van der Waals surface area contributed by atoms with Gasteiger partial charge in [0.15, 0.2) is 0 Å². The maximum atomic E-state index is 9.83. The van der Waals surface area contributed by atoms with Crippen LogP contribution in [0.15, 0.2) is 0 Å². The molecule has 1 heterocycles. The van der Waals surface area contributed by atoms with Gasteiger partial charge in [0.1, 0.15) is 0 Å². The lowest BCUT2D eigenvalue weighted by molar-refractivity contribution is 0.0877.